The lowest BCUT2D eigenvalue weighted by molar-refractivity contribution is 1.35. The van der Waals surface area contributed by atoms with Gasteiger partial charge in [0.05, 0.1) is 0 Å². The molecule has 1 heteroatoms. The molecule has 0 radical (unpaired) electrons. The van der Waals surface area contributed by atoms with Crippen LogP contribution in [0, 0.1) is 0 Å². The van der Waals surface area contributed by atoms with Gasteiger partial charge in [-0.1, -0.05) is 66.7 Å². The summed E-state index contributed by atoms with van der Waals surface area (Å²) in [6.45, 7) is 0. The molecular weight excluding hydrogens is 218 g/mol. The Morgan fingerprint density at radius 1 is 0.722 bits per heavy atom. The van der Waals surface area contributed by atoms with Gasteiger partial charge >= 0.3 is 0 Å². The van der Waals surface area contributed by atoms with E-state index < -0.39 is 0 Å². The van der Waals surface area contributed by atoms with E-state index in [0.717, 1.165) is 5.56 Å². The van der Waals surface area contributed by atoms with Crippen LogP contribution in [0.2, 0.25) is 0 Å². The van der Waals surface area contributed by atoms with Gasteiger partial charge in [0.2, 0.25) is 0 Å². The van der Waals surface area contributed by atoms with Gasteiger partial charge in [-0.3, -0.25) is 4.98 Å². The fourth-order valence-corrected chi connectivity index (χ4v) is 2.02. The molecule has 0 fully saturated rings. The molecule has 1 heterocycles. The molecular formula is C17H13N. The van der Waals surface area contributed by atoms with Crippen molar-refractivity contribution in [1.82, 2.24) is 4.98 Å². The summed E-state index contributed by atoms with van der Waals surface area (Å²) in [7, 11) is 0. The van der Waals surface area contributed by atoms with Crippen molar-refractivity contribution in [2.45, 2.75) is 0 Å². The van der Waals surface area contributed by atoms with E-state index in [-0.39, 0.29) is 0 Å². The first-order valence-electron chi connectivity index (χ1n) is 5.99. The van der Waals surface area contributed by atoms with Crippen LogP contribution in [0.25, 0.3) is 22.9 Å². The summed E-state index contributed by atoms with van der Waals surface area (Å²) in [5.74, 6) is 0. The first-order valence-corrected chi connectivity index (χ1v) is 5.99. The molecule has 3 aromatic rings. The summed E-state index contributed by atoms with van der Waals surface area (Å²) in [4.78, 5) is 4.27. The highest BCUT2D eigenvalue weighted by Crippen LogP contribution is 2.19. The van der Waals surface area contributed by atoms with Gasteiger partial charge in [-0.25, -0.2) is 0 Å². The molecule has 3 rings (SSSR count). The Morgan fingerprint density at radius 3 is 2.39 bits per heavy atom. The minimum absolute atomic E-state index is 1.15. The summed E-state index contributed by atoms with van der Waals surface area (Å²) in [6, 6.07) is 18.6. The van der Waals surface area contributed by atoms with Crippen molar-refractivity contribution in [2.75, 3.05) is 0 Å². The lowest BCUT2D eigenvalue weighted by Crippen LogP contribution is -1.80. The quantitative estimate of drug-likeness (QED) is 0.636. The summed E-state index contributed by atoms with van der Waals surface area (Å²) in [5, 5.41) is 2.41. The third-order valence-electron chi connectivity index (χ3n) is 2.95. The zero-order chi connectivity index (χ0) is 12.2. The van der Waals surface area contributed by atoms with Crippen molar-refractivity contribution in [3.05, 3.63) is 78.1 Å². The highest BCUT2D eigenvalue weighted by molar-refractivity contribution is 5.91. The second-order valence-corrected chi connectivity index (χ2v) is 4.19. The van der Waals surface area contributed by atoms with E-state index in [1.54, 1.807) is 0 Å². The number of aromatic nitrogens is 1. The topological polar surface area (TPSA) is 12.9 Å². The Labute approximate surface area is 106 Å². The number of fused-ring (bicyclic) bond motifs is 1. The Morgan fingerprint density at radius 2 is 1.50 bits per heavy atom. The van der Waals surface area contributed by atoms with Crippen LogP contribution in [0.3, 0.4) is 0 Å². The Hall–Kier alpha value is -2.41. The van der Waals surface area contributed by atoms with Crippen molar-refractivity contribution in [1.29, 1.82) is 0 Å². The number of hydrogen-bond donors (Lipinski definition) is 0. The molecule has 0 saturated heterocycles. The number of nitrogens with zero attached hydrogens (tertiary/aromatic N) is 1. The summed E-state index contributed by atoms with van der Waals surface area (Å²) < 4.78 is 0. The predicted molar refractivity (Wildman–Crippen MR) is 77.1 cm³/mol. The van der Waals surface area contributed by atoms with E-state index in [0.29, 0.717) is 0 Å². The van der Waals surface area contributed by atoms with Crippen molar-refractivity contribution >= 4 is 22.9 Å². The van der Waals surface area contributed by atoms with Crippen molar-refractivity contribution in [3.63, 3.8) is 0 Å². The smallest absolute Gasteiger partial charge is 0.0346 e. The third kappa shape index (κ3) is 2.16. The van der Waals surface area contributed by atoms with Crippen LogP contribution in [0.1, 0.15) is 11.1 Å². The second kappa shape index (κ2) is 4.84. The number of hydrogen-bond acceptors (Lipinski definition) is 1. The maximum absolute atomic E-state index is 4.27. The van der Waals surface area contributed by atoms with Crippen LogP contribution in [0.5, 0.6) is 0 Å². The maximum atomic E-state index is 4.27. The van der Waals surface area contributed by atoms with E-state index in [1.165, 1.54) is 16.3 Å². The monoisotopic (exact) mass is 231 g/mol. The van der Waals surface area contributed by atoms with Crippen molar-refractivity contribution in [3.8, 4) is 0 Å². The van der Waals surface area contributed by atoms with Gasteiger partial charge in [0.15, 0.2) is 0 Å². The van der Waals surface area contributed by atoms with Gasteiger partial charge in [0.1, 0.15) is 0 Å². The second-order valence-electron chi connectivity index (χ2n) is 4.19. The molecule has 0 N–H and O–H groups in total. The predicted octanol–water partition coefficient (Wildman–Crippen LogP) is 4.41. The largest absolute Gasteiger partial charge is 0.263 e. The van der Waals surface area contributed by atoms with Gasteiger partial charge in [-0.15, -0.1) is 0 Å². The van der Waals surface area contributed by atoms with Gasteiger partial charge < -0.3 is 0 Å². The molecule has 0 unspecified atom stereocenters. The molecule has 0 aliphatic carbocycles. The SMILES string of the molecule is C(=Cc1cncc2ccccc12)c1ccccc1. The van der Waals surface area contributed by atoms with Crippen LogP contribution in [-0.4, -0.2) is 4.98 Å². The Kier molecular flexibility index (Phi) is 2.89. The minimum Gasteiger partial charge on any atom is -0.263 e. The average molecular weight is 231 g/mol. The first kappa shape index (κ1) is 10.7. The van der Waals surface area contributed by atoms with Gasteiger partial charge in [0, 0.05) is 23.3 Å². The molecule has 0 aliphatic rings. The Balaban J connectivity index is 2.03. The lowest BCUT2D eigenvalue weighted by Gasteiger charge is -2.00. The standard InChI is InChI=1S/C17H13N/c1-2-6-14(7-3-1)10-11-16-13-18-12-15-8-4-5-9-17(15)16/h1-13H. The molecule has 1 aromatic heterocycles. The van der Waals surface area contributed by atoms with Gasteiger partial charge in [-0.05, 0) is 10.9 Å². The van der Waals surface area contributed by atoms with E-state index >= 15 is 0 Å². The molecule has 0 spiro atoms. The molecule has 0 bridgehead atoms. The van der Waals surface area contributed by atoms with Crippen LogP contribution in [0.4, 0.5) is 0 Å². The molecule has 86 valence electrons. The van der Waals surface area contributed by atoms with E-state index in [1.807, 2.05) is 36.7 Å². The zero-order valence-electron chi connectivity index (χ0n) is 9.95. The van der Waals surface area contributed by atoms with Crippen LogP contribution < -0.4 is 0 Å². The molecule has 2 aromatic carbocycles. The average Bonchev–Trinajstić information content (AvgIpc) is 2.46. The number of rotatable bonds is 2. The summed E-state index contributed by atoms with van der Waals surface area (Å²) >= 11 is 0. The van der Waals surface area contributed by atoms with Crippen LogP contribution >= 0.6 is 0 Å². The number of benzene rings is 2. The van der Waals surface area contributed by atoms with Crippen molar-refractivity contribution < 1.29 is 0 Å². The van der Waals surface area contributed by atoms with Crippen molar-refractivity contribution in [2.24, 2.45) is 0 Å². The Bertz CT molecular complexity index is 679. The highest BCUT2D eigenvalue weighted by Gasteiger charge is 1.96. The molecule has 1 nitrogen and oxygen atoms in total. The molecule has 0 saturated carbocycles. The first-order chi connectivity index (χ1) is 8.93. The van der Waals surface area contributed by atoms with Gasteiger partial charge in [0.25, 0.3) is 0 Å². The normalized spacial score (nSPS) is 11.1. The fraction of sp³-hybridized carbons (Fsp3) is 0. The van der Waals surface area contributed by atoms with E-state index in [4.69, 9.17) is 0 Å². The highest BCUT2D eigenvalue weighted by atomic mass is 14.6. The summed E-state index contributed by atoms with van der Waals surface area (Å²) in [6.07, 6.45) is 8.03. The molecule has 0 atom stereocenters. The maximum Gasteiger partial charge on any atom is 0.0346 e. The molecule has 0 amide bonds. The summed E-state index contributed by atoms with van der Waals surface area (Å²) in [5.41, 5.74) is 2.35. The van der Waals surface area contributed by atoms with Crippen LogP contribution in [-0.2, 0) is 0 Å². The minimum atomic E-state index is 1.15. The zero-order valence-corrected chi connectivity index (χ0v) is 9.95. The molecule has 0 aliphatic heterocycles. The lowest BCUT2D eigenvalue weighted by atomic mass is 10.1. The molecule has 18 heavy (non-hydrogen) atoms. The third-order valence-corrected chi connectivity index (χ3v) is 2.95. The van der Waals surface area contributed by atoms with E-state index in [9.17, 15) is 0 Å². The van der Waals surface area contributed by atoms with Gasteiger partial charge in [-0.2, -0.15) is 0 Å². The fourth-order valence-electron chi connectivity index (χ4n) is 2.02. The van der Waals surface area contributed by atoms with Crippen LogP contribution in [0.15, 0.2) is 67.0 Å². The van der Waals surface area contributed by atoms with E-state index in [2.05, 4.69) is 47.5 Å². The number of pyridine rings is 1.